The zero-order chi connectivity index (χ0) is 12.1. The van der Waals surface area contributed by atoms with Gasteiger partial charge in [-0.3, -0.25) is 4.79 Å². The number of hydrogen-bond acceptors (Lipinski definition) is 4. The molecule has 2 aromatic rings. The van der Waals surface area contributed by atoms with Gasteiger partial charge in [0.25, 0.3) is 0 Å². The molecule has 4 heteroatoms. The molecule has 0 bridgehead atoms. The lowest BCUT2D eigenvalue weighted by atomic mass is 10.2. The lowest BCUT2D eigenvalue weighted by molar-refractivity contribution is 0.112. The Morgan fingerprint density at radius 3 is 2.94 bits per heavy atom. The van der Waals surface area contributed by atoms with Crippen molar-refractivity contribution in [2.24, 2.45) is 0 Å². The standard InChI is InChI=1S/C13H8N2O2/c14-8-10-3-1-5-12(7-10)17-13-11(9-16)4-2-6-15-13/h1-7,9H. The highest BCUT2D eigenvalue weighted by atomic mass is 16.5. The lowest BCUT2D eigenvalue weighted by Gasteiger charge is -2.06. The maximum absolute atomic E-state index is 10.8. The van der Waals surface area contributed by atoms with E-state index in [-0.39, 0.29) is 5.88 Å². The highest BCUT2D eigenvalue weighted by Crippen LogP contribution is 2.22. The average Bonchev–Trinajstić information content (AvgIpc) is 2.39. The number of benzene rings is 1. The molecule has 1 heterocycles. The predicted molar refractivity (Wildman–Crippen MR) is 60.9 cm³/mol. The molecule has 0 spiro atoms. The zero-order valence-corrected chi connectivity index (χ0v) is 8.83. The monoisotopic (exact) mass is 224 g/mol. The second-order valence-corrected chi connectivity index (χ2v) is 3.26. The van der Waals surface area contributed by atoms with Crippen LogP contribution in [0.15, 0.2) is 42.6 Å². The van der Waals surface area contributed by atoms with Gasteiger partial charge in [-0.2, -0.15) is 5.26 Å². The van der Waals surface area contributed by atoms with Gasteiger partial charge in [-0.15, -0.1) is 0 Å². The van der Waals surface area contributed by atoms with E-state index in [1.54, 1.807) is 36.4 Å². The number of ether oxygens (including phenoxy) is 1. The molecule has 0 aliphatic carbocycles. The Kier molecular flexibility index (Phi) is 3.13. The number of aldehydes is 1. The Morgan fingerprint density at radius 2 is 2.18 bits per heavy atom. The molecule has 0 saturated heterocycles. The fraction of sp³-hybridized carbons (Fsp3) is 0. The minimum Gasteiger partial charge on any atom is -0.438 e. The quantitative estimate of drug-likeness (QED) is 0.751. The van der Waals surface area contributed by atoms with Gasteiger partial charge in [0.1, 0.15) is 5.75 Å². The maximum atomic E-state index is 10.8. The molecule has 1 aromatic carbocycles. The Morgan fingerprint density at radius 1 is 1.29 bits per heavy atom. The summed E-state index contributed by atoms with van der Waals surface area (Å²) in [5, 5.41) is 8.75. The number of rotatable bonds is 3. The molecule has 0 amide bonds. The van der Waals surface area contributed by atoms with Crippen LogP contribution in [0.4, 0.5) is 0 Å². The number of nitriles is 1. The van der Waals surface area contributed by atoms with Crippen molar-refractivity contribution in [3.63, 3.8) is 0 Å². The first-order valence-electron chi connectivity index (χ1n) is 4.91. The first-order chi connectivity index (χ1) is 8.33. The molecule has 0 unspecified atom stereocenters. The highest BCUT2D eigenvalue weighted by molar-refractivity contribution is 5.78. The summed E-state index contributed by atoms with van der Waals surface area (Å²) in [7, 11) is 0. The minimum absolute atomic E-state index is 0.234. The first kappa shape index (κ1) is 10.8. The molecule has 0 N–H and O–H groups in total. The molecule has 0 aliphatic heterocycles. The number of aromatic nitrogens is 1. The fourth-order valence-electron chi connectivity index (χ4n) is 1.32. The fourth-order valence-corrected chi connectivity index (χ4v) is 1.32. The molecule has 1 aromatic heterocycles. The van der Waals surface area contributed by atoms with Crippen molar-refractivity contribution in [1.29, 1.82) is 5.26 Å². The molecule has 82 valence electrons. The van der Waals surface area contributed by atoms with Crippen molar-refractivity contribution in [2.75, 3.05) is 0 Å². The van der Waals surface area contributed by atoms with Gasteiger partial charge in [-0.25, -0.2) is 4.98 Å². The van der Waals surface area contributed by atoms with Crippen molar-refractivity contribution < 1.29 is 9.53 Å². The average molecular weight is 224 g/mol. The summed E-state index contributed by atoms with van der Waals surface area (Å²) in [6.07, 6.45) is 2.22. The Hall–Kier alpha value is -2.67. The highest BCUT2D eigenvalue weighted by Gasteiger charge is 2.05. The van der Waals surface area contributed by atoms with E-state index in [0.717, 1.165) is 0 Å². The van der Waals surface area contributed by atoms with Gasteiger partial charge in [0.05, 0.1) is 17.2 Å². The van der Waals surface area contributed by atoms with Crippen LogP contribution in [0, 0.1) is 11.3 Å². The normalized spacial score (nSPS) is 9.35. The van der Waals surface area contributed by atoms with Crippen molar-refractivity contribution >= 4 is 6.29 Å². The summed E-state index contributed by atoms with van der Waals surface area (Å²) in [5.41, 5.74) is 0.862. The maximum Gasteiger partial charge on any atom is 0.229 e. The van der Waals surface area contributed by atoms with Crippen molar-refractivity contribution in [3.05, 3.63) is 53.7 Å². The van der Waals surface area contributed by atoms with E-state index in [1.165, 1.54) is 6.20 Å². The summed E-state index contributed by atoms with van der Waals surface area (Å²) < 4.78 is 5.45. The molecule has 0 aliphatic rings. The molecular formula is C13H8N2O2. The third-order valence-corrected chi connectivity index (χ3v) is 2.11. The number of carbonyl (C=O) groups excluding carboxylic acids is 1. The molecule has 4 nitrogen and oxygen atoms in total. The number of pyridine rings is 1. The molecule has 0 radical (unpaired) electrons. The van der Waals surface area contributed by atoms with Crippen LogP contribution in [0.25, 0.3) is 0 Å². The van der Waals surface area contributed by atoms with Crippen LogP contribution in [-0.2, 0) is 0 Å². The van der Waals surface area contributed by atoms with Crippen LogP contribution in [0.2, 0.25) is 0 Å². The summed E-state index contributed by atoms with van der Waals surface area (Å²) in [5.74, 6) is 0.712. The van der Waals surface area contributed by atoms with Gasteiger partial charge in [-0.1, -0.05) is 6.07 Å². The largest absolute Gasteiger partial charge is 0.438 e. The van der Waals surface area contributed by atoms with Gasteiger partial charge < -0.3 is 4.74 Å². The van der Waals surface area contributed by atoms with Gasteiger partial charge in [0, 0.05) is 6.20 Å². The van der Waals surface area contributed by atoms with E-state index >= 15 is 0 Å². The zero-order valence-electron chi connectivity index (χ0n) is 8.83. The summed E-state index contributed by atoms with van der Waals surface area (Å²) in [6, 6.07) is 11.9. The molecular weight excluding hydrogens is 216 g/mol. The molecule has 0 saturated carbocycles. The number of carbonyl (C=O) groups is 1. The van der Waals surface area contributed by atoms with Crippen LogP contribution >= 0.6 is 0 Å². The van der Waals surface area contributed by atoms with E-state index in [9.17, 15) is 4.79 Å². The lowest BCUT2D eigenvalue weighted by Crippen LogP contribution is -1.93. The summed E-state index contributed by atoms with van der Waals surface area (Å²) >= 11 is 0. The molecule has 17 heavy (non-hydrogen) atoms. The Balaban J connectivity index is 2.31. The van der Waals surface area contributed by atoms with Gasteiger partial charge in [0.15, 0.2) is 6.29 Å². The van der Waals surface area contributed by atoms with Gasteiger partial charge in [0.2, 0.25) is 5.88 Å². The summed E-state index contributed by atoms with van der Waals surface area (Å²) in [6.45, 7) is 0. The van der Waals surface area contributed by atoms with Crippen molar-refractivity contribution in [1.82, 2.24) is 4.98 Å². The Bertz CT molecular complexity index is 588. The third kappa shape index (κ3) is 2.47. The minimum atomic E-state index is 0.234. The van der Waals surface area contributed by atoms with Crippen LogP contribution in [-0.4, -0.2) is 11.3 Å². The van der Waals surface area contributed by atoms with E-state index in [2.05, 4.69) is 4.98 Å². The van der Waals surface area contributed by atoms with Gasteiger partial charge >= 0.3 is 0 Å². The summed E-state index contributed by atoms with van der Waals surface area (Å²) in [4.78, 5) is 14.7. The van der Waals surface area contributed by atoms with Crippen LogP contribution in [0.1, 0.15) is 15.9 Å². The Labute approximate surface area is 98.1 Å². The number of hydrogen-bond donors (Lipinski definition) is 0. The second kappa shape index (κ2) is 4.90. The van der Waals surface area contributed by atoms with E-state index in [0.29, 0.717) is 23.2 Å². The molecule has 0 fully saturated rings. The molecule has 0 atom stereocenters. The topological polar surface area (TPSA) is 63.0 Å². The van der Waals surface area contributed by atoms with Crippen molar-refractivity contribution in [3.8, 4) is 17.7 Å². The number of nitrogens with zero attached hydrogens (tertiary/aromatic N) is 2. The smallest absolute Gasteiger partial charge is 0.229 e. The van der Waals surface area contributed by atoms with Crippen LogP contribution < -0.4 is 4.74 Å². The third-order valence-electron chi connectivity index (χ3n) is 2.11. The SMILES string of the molecule is N#Cc1cccc(Oc2ncccc2C=O)c1. The second-order valence-electron chi connectivity index (χ2n) is 3.26. The molecule has 2 rings (SSSR count). The van der Waals surface area contributed by atoms with E-state index in [1.807, 2.05) is 6.07 Å². The van der Waals surface area contributed by atoms with Crippen LogP contribution in [0.3, 0.4) is 0 Å². The van der Waals surface area contributed by atoms with Crippen LogP contribution in [0.5, 0.6) is 11.6 Å². The van der Waals surface area contributed by atoms with Crippen molar-refractivity contribution in [2.45, 2.75) is 0 Å². The van der Waals surface area contributed by atoms with E-state index in [4.69, 9.17) is 10.00 Å². The first-order valence-corrected chi connectivity index (χ1v) is 4.91. The van der Waals surface area contributed by atoms with Gasteiger partial charge in [-0.05, 0) is 30.3 Å². The predicted octanol–water partition coefficient (Wildman–Crippen LogP) is 2.56. The van der Waals surface area contributed by atoms with E-state index < -0.39 is 0 Å².